The van der Waals surface area contributed by atoms with Gasteiger partial charge in [0, 0.05) is 37.0 Å². The molecule has 12 heteroatoms. The molecule has 8 nitrogen and oxygen atoms in total. The number of benzene rings is 1. The number of thiophene rings is 1. The van der Waals surface area contributed by atoms with Gasteiger partial charge in [0.25, 0.3) is 0 Å². The van der Waals surface area contributed by atoms with E-state index in [2.05, 4.69) is 20.6 Å². The predicted molar refractivity (Wildman–Crippen MR) is 134 cm³/mol. The summed E-state index contributed by atoms with van der Waals surface area (Å²) in [7, 11) is 3.36. The molecule has 3 aromatic rings. The number of nitrogens with one attached hydrogen (secondary N) is 2. The summed E-state index contributed by atoms with van der Waals surface area (Å²) < 4.78 is 44.1. The Kier molecular flexibility index (Phi) is 8.16. The quantitative estimate of drug-likeness (QED) is 0.453. The van der Waals surface area contributed by atoms with Crippen LogP contribution in [0.5, 0.6) is 0 Å². The number of fused-ring (bicyclic) bond motifs is 1. The number of ether oxygens (including phenoxy) is 1. The molecule has 1 aliphatic carbocycles. The van der Waals surface area contributed by atoms with E-state index in [0.717, 1.165) is 16.9 Å². The molecule has 2 N–H and O–H groups in total. The standard InChI is InChI=1S/C25H28F3N5O3S/c1-33(2)23(34)16-8-17(10-18(9-16)32-24(35)36-13-15-6-4-3-5-7-15)31-21-20-11-19(12-25(26,27)28)37-22(20)30-14-29-21/h3-7,11,14,16-18H,8-10,12-13H2,1-2H3,(H,32,35)(H,29,30,31)/t16-,17+,18-/m0/s1. The minimum absolute atomic E-state index is 0.0632. The zero-order valence-corrected chi connectivity index (χ0v) is 21.2. The summed E-state index contributed by atoms with van der Waals surface area (Å²) in [4.78, 5) is 35.8. The summed E-state index contributed by atoms with van der Waals surface area (Å²) in [6, 6.07) is 10.1. The Hall–Kier alpha value is -3.41. The number of nitrogens with zero attached hydrogens (tertiary/aromatic N) is 3. The molecular formula is C25H28F3N5O3S. The SMILES string of the molecule is CN(C)C(=O)[C@@H]1C[C@H](NC(=O)OCc2ccccc2)C[C@H](Nc2ncnc3sc(CC(F)(F)F)cc23)C1. The molecule has 0 radical (unpaired) electrons. The molecule has 3 atom stereocenters. The molecule has 37 heavy (non-hydrogen) atoms. The summed E-state index contributed by atoms with van der Waals surface area (Å²) in [5.74, 6) is -0.0175. The Balaban J connectivity index is 1.47. The fourth-order valence-electron chi connectivity index (χ4n) is 4.55. The van der Waals surface area contributed by atoms with Gasteiger partial charge in [-0.15, -0.1) is 11.3 Å². The van der Waals surface area contributed by atoms with E-state index in [9.17, 15) is 22.8 Å². The van der Waals surface area contributed by atoms with Crippen LogP contribution >= 0.6 is 11.3 Å². The number of carbonyl (C=O) groups is 2. The number of aromatic nitrogens is 2. The molecule has 2 amide bonds. The lowest BCUT2D eigenvalue weighted by atomic mass is 9.81. The van der Waals surface area contributed by atoms with Crippen molar-refractivity contribution in [2.24, 2.45) is 5.92 Å². The molecule has 2 heterocycles. The number of halogens is 3. The van der Waals surface area contributed by atoms with E-state index in [0.29, 0.717) is 35.3 Å². The smallest absolute Gasteiger partial charge is 0.407 e. The molecule has 0 bridgehead atoms. The third-order valence-corrected chi connectivity index (χ3v) is 7.17. The van der Waals surface area contributed by atoms with Gasteiger partial charge < -0.3 is 20.3 Å². The third kappa shape index (κ3) is 7.31. The first-order valence-corrected chi connectivity index (χ1v) is 12.6. The molecule has 0 spiro atoms. The Morgan fingerprint density at radius 1 is 1.11 bits per heavy atom. The van der Waals surface area contributed by atoms with Crippen LogP contribution in [0.1, 0.15) is 29.7 Å². The average molecular weight is 536 g/mol. The molecule has 1 fully saturated rings. The first kappa shape index (κ1) is 26.6. The van der Waals surface area contributed by atoms with Crippen molar-refractivity contribution in [1.82, 2.24) is 20.2 Å². The van der Waals surface area contributed by atoms with Crippen LogP contribution in [0.15, 0.2) is 42.7 Å². The van der Waals surface area contributed by atoms with Crippen LogP contribution in [0.2, 0.25) is 0 Å². The van der Waals surface area contributed by atoms with Gasteiger partial charge in [0.05, 0.1) is 11.8 Å². The summed E-state index contributed by atoms with van der Waals surface area (Å²) in [6.07, 6.45) is -3.21. The Morgan fingerprint density at radius 3 is 2.54 bits per heavy atom. The molecule has 1 aliphatic rings. The minimum Gasteiger partial charge on any atom is -0.445 e. The highest BCUT2D eigenvalue weighted by atomic mass is 32.1. The molecule has 1 saturated carbocycles. The molecule has 0 unspecified atom stereocenters. The highest BCUT2D eigenvalue weighted by Gasteiger charge is 2.35. The lowest BCUT2D eigenvalue weighted by Crippen LogP contribution is -2.48. The van der Waals surface area contributed by atoms with Crippen LogP contribution in [0.4, 0.5) is 23.8 Å². The number of carbonyl (C=O) groups excluding carboxylic acids is 2. The monoisotopic (exact) mass is 535 g/mol. The Labute approximate surface area is 216 Å². The van der Waals surface area contributed by atoms with Crippen molar-refractivity contribution < 1.29 is 27.5 Å². The summed E-state index contributed by atoms with van der Waals surface area (Å²) in [5.41, 5.74) is 0.856. The van der Waals surface area contributed by atoms with E-state index in [1.807, 2.05) is 30.3 Å². The summed E-state index contributed by atoms with van der Waals surface area (Å²) in [6.45, 7) is 0.123. The van der Waals surface area contributed by atoms with E-state index >= 15 is 0 Å². The highest BCUT2D eigenvalue weighted by molar-refractivity contribution is 7.18. The minimum atomic E-state index is -4.32. The fourth-order valence-corrected chi connectivity index (χ4v) is 5.58. The summed E-state index contributed by atoms with van der Waals surface area (Å²) in [5, 5.41) is 6.66. The lowest BCUT2D eigenvalue weighted by molar-refractivity contribution is -0.134. The first-order valence-electron chi connectivity index (χ1n) is 11.8. The molecule has 198 valence electrons. The molecule has 0 aliphatic heterocycles. The van der Waals surface area contributed by atoms with Crippen molar-refractivity contribution in [1.29, 1.82) is 0 Å². The second-order valence-corrected chi connectivity index (χ2v) is 10.4. The van der Waals surface area contributed by atoms with Gasteiger partial charge in [0.15, 0.2) is 0 Å². The van der Waals surface area contributed by atoms with E-state index in [4.69, 9.17) is 4.74 Å². The van der Waals surface area contributed by atoms with Crippen LogP contribution < -0.4 is 10.6 Å². The van der Waals surface area contributed by atoms with Gasteiger partial charge in [0.1, 0.15) is 23.6 Å². The maximum Gasteiger partial charge on any atom is 0.407 e. The van der Waals surface area contributed by atoms with Crippen molar-refractivity contribution in [3.8, 4) is 0 Å². The largest absolute Gasteiger partial charge is 0.445 e. The van der Waals surface area contributed by atoms with Crippen molar-refractivity contribution in [3.63, 3.8) is 0 Å². The van der Waals surface area contributed by atoms with Gasteiger partial charge in [0.2, 0.25) is 5.91 Å². The number of rotatable bonds is 7. The zero-order valence-electron chi connectivity index (χ0n) is 20.4. The molecular weight excluding hydrogens is 507 g/mol. The van der Waals surface area contributed by atoms with Crippen molar-refractivity contribution in [2.45, 2.75) is 50.6 Å². The first-order chi connectivity index (χ1) is 17.6. The van der Waals surface area contributed by atoms with Crippen molar-refractivity contribution >= 4 is 39.4 Å². The van der Waals surface area contributed by atoms with Crippen LogP contribution in [-0.2, 0) is 22.6 Å². The number of hydrogen-bond acceptors (Lipinski definition) is 7. The molecule has 1 aromatic carbocycles. The number of hydrogen-bond donors (Lipinski definition) is 2. The number of anilines is 1. The third-order valence-electron chi connectivity index (χ3n) is 6.13. The topological polar surface area (TPSA) is 96.5 Å². The second-order valence-electron chi connectivity index (χ2n) is 9.33. The van der Waals surface area contributed by atoms with Crippen LogP contribution in [0, 0.1) is 5.92 Å². The molecule has 0 saturated heterocycles. The number of amides is 2. The number of alkyl halides is 3. The zero-order chi connectivity index (χ0) is 26.6. The van der Waals surface area contributed by atoms with Gasteiger partial charge in [-0.3, -0.25) is 4.79 Å². The van der Waals surface area contributed by atoms with Gasteiger partial charge >= 0.3 is 12.3 Å². The van der Waals surface area contributed by atoms with E-state index in [-0.39, 0.29) is 35.4 Å². The molecule has 2 aromatic heterocycles. The van der Waals surface area contributed by atoms with Crippen LogP contribution in [0.25, 0.3) is 10.2 Å². The maximum absolute atomic E-state index is 12.9. The fraction of sp³-hybridized carbons (Fsp3) is 0.440. The van der Waals surface area contributed by atoms with Gasteiger partial charge in [-0.25, -0.2) is 14.8 Å². The van der Waals surface area contributed by atoms with Gasteiger partial charge in [-0.05, 0) is 30.9 Å². The second kappa shape index (κ2) is 11.3. The van der Waals surface area contributed by atoms with Gasteiger partial charge in [-0.2, -0.15) is 13.2 Å². The number of alkyl carbamates (subject to hydrolysis) is 1. The molecule has 4 rings (SSSR count). The Morgan fingerprint density at radius 2 is 1.84 bits per heavy atom. The summed E-state index contributed by atoms with van der Waals surface area (Å²) >= 11 is 0.977. The van der Waals surface area contributed by atoms with Crippen molar-refractivity contribution in [2.75, 3.05) is 19.4 Å². The lowest BCUT2D eigenvalue weighted by Gasteiger charge is -2.36. The van der Waals surface area contributed by atoms with Crippen molar-refractivity contribution in [3.05, 3.63) is 53.2 Å². The van der Waals surface area contributed by atoms with E-state index < -0.39 is 18.7 Å². The van der Waals surface area contributed by atoms with Crippen LogP contribution in [0.3, 0.4) is 0 Å². The normalized spacial score (nSPS) is 19.9. The van der Waals surface area contributed by atoms with Crippen LogP contribution in [-0.4, -0.2) is 59.2 Å². The van der Waals surface area contributed by atoms with Gasteiger partial charge in [-0.1, -0.05) is 30.3 Å². The van der Waals surface area contributed by atoms with E-state index in [1.54, 1.807) is 14.1 Å². The van der Waals surface area contributed by atoms with E-state index in [1.165, 1.54) is 17.3 Å². The highest BCUT2D eigenvalue weighted by Crippen LogP contribution is 2.34. The Bertz CT molecular complexity index is 1240. The average Bonchev–Trinajstić information content (AvgIpc) is 3.24. The predicted octanol–water partition coefficient (Wildman–Crippen LogP) is 4.76. The maximum atomic E-state index is 12.9.